The first-order chi connectivity index (χ1) is 9.45. The van der Waals surface area contributed by atoms with Crippen LogP contribution in [0.4, 0.5) is 5.82 Å². The van der Waals surface area contributed by atoms with Gasteiger partial charge in [-0.3, -0.25) is 0 Å². The molecular weight excluding hydrogens is 274 g/mol. The molecule has 0 atom stereocenters. The van der Waals surface area contributed by atoms with Crippen molar-refractivity contribution in [1.29, 1.82) is 0 Å². The summed E-state index contributed by atoms with van der Waals surface area (Å²) in [7, 11) is -1.64. The number of piperidine rings is 1. The Morgan fingerprint density at radius 3 is 2.40 bits per heavy atom. The highest BCUT2D eigenvalue weighted by Gasteiger charge is 2.30. The van der Waals surface area contributed by atoms with E-state index in [1.807, 2.05) is 0 Å². The summed E-state index contributed by atoms with van der Waals surface area (Å²) < 4.78 is 26.6. The lowest BCUT2D eigenvalue weighted by Gasteiger charge is -2.33. The summed E-state index contributed by atoms with van der Waals surface area (Å²) in [5.74, 6) is 1.92. The molecule has 2 rings (SSSR count). The fourth-order valence-electron chi connectivity index (χ4n) is 2.61. The van der Waals surface area contributed by atoms with Crippen LogP contribution in [0.1, 0.15) is 26.7 Å². The molecule has 1 fully saturated rings. The molecule has 6 heteroatoms. The van der Waals surface area contributed by atoms with Crippen molar-refractivity contribution in [1.82, 2.24) is 9.29 Å². The SMILES string of the molecule is CNc1ccc(S(=O)(=O)N2CCC(C(C)C)CC2)cn1. The van der Waals surface area contributed by atoms with E-state index in [-0.39, 0.29) is 4.90 Å². The molecule has 0 bridgehead atoms. The number of anilines is 1. The minimum atomic E-state index is -3.39. The second kappa shape index (κ2) is 6.10. The second-order valence-electron chi connectivity index (χ2n) is 5.61. The fraction of sp³-hybridized carbons (Fsp3) is 0.643. The predicted octanol–water partition coefficient (Wildman–Crippen LogP) is 2.18. The van der Waals surface area contributed by atoms with Crippen LogP contribution in [-0.2, 0) is 10.0 Å². The normalized spacial score (nSPS) is 18.4. The number of rotatable bonds is 4. The molecule has 1 aromatic rings. The van der Waals surface area contributed by atoms with Crippen LogP contribution in [0.15, 0.2) is 23.2 Å². The van der Waals surface area contributed by atoms with E-state index in [0.29, 0.717) is 30.7 Å². The Bertz CT molecular complexity index is 532. The molecule has 0 aliphatic carbocycles. The Labute approximate surface area is 121 Å². The molecule has 0 radical (unpaired) electrons. The first-order valence-electron chi connectivity index (χ1n) is 7.09. The van der Waals surface area contributed by atoms with Crippen LogP contribution in [0.5, 0.6) is 0 Å². The van der Waals surface area contributed by atoms with Crippen molar-refractivity contribution in [2.24, 2.45) is 11.8 Å². The van der Waals surface area contributed by atoms with Crippen LogP contribution in [0, 0.1) is 11.8 Å². The summed E-state index contributed by atoms with van der Waals surface area (Å²) in [6, 6.07) is 3.30. The van der Waals surface area contributed by atoms with Crippen molar-refractivity contribution in [2.45, 2.75) is 31.6 Å². The molecule has 20 heavy (non-hydrogen) atoms. The predicted molar refractivity (Wildman–Crippen MR) is 80.1 cm³/mol. The van der Waals surface area contributed by atoms with Gasteiger partial charge >= 0.3 is 0 Å². The number of hydrogen-bond acceptors (Lipinski definition) is 4. The van der Waals surface area contributed by atoms with E-state index in [1.54, 1.807) is 23.5 Å². The Hall–Kier alpha value is -1.14. The average molecular weight is 297 g/mol. The van der Waals surface area contributed by atoms with Gasteiger partial charge in [-0.15, -0.1) is 0 Å². The Morgan fingerprint density at radius 1 is 1.30 bits per heavy atom. The number of sulfonamides is 1. The third-order valence-electron chi connectivity index (χ3n) is 4.07. The fourth-order valence-corrected chi connectivity index (χ4v) is 4.03. The van der Waals surface area contributed by atoms with Crippen LogP contribution < -0.4 is 5.32 Å². The van der Waals surface area contributed by atoms with Crippen LogP contribution in [-0.4, -0.2) is 37.8 Å². The summed E-state index contributed by atoms with van der Waals surface area (Å²) in [5, 5.41) is 2.88. The summed E-state index contributed by atoms with van der Waals surface area (Å²) in [6.45, 7) is 5.63. The summed E-state index contributed by atoms with van der Waals surface area (Å²) in [5.41, 5.74) is 0. The number of pyridine rings is 1. The monoisotopic (exact) mass is 297 g/mol. The van der Waals surface area contributed by atoms with Gasteiger partial charge in [0.15, 0.2) is 0 Å². The lowest BCUT2D eigenvalue weighted by Crippen LogP contribution is -2.39. The van der Waals surface area contributed by atoms with E-state index < -0.39 is 10.0 Å². The maximum absolute atomic E-state index is 12.5. The molecular formula is C14H23N3O2S. The summed E-state index contributed by atoms with van der Waals surface area (Å²) in [6.07, 6.45) is 3.31. The zero-order valence-corrected chi connectivity index (χ0v) is 13.2. The maximum atomic E-state index is 12.5. The van der Waals surface area contributed by atoms with Crippen molar-refractivity contribution < 1.29 is 8.42 Å². The van der Waals surface area contributed by atoms with Crippen LogP contribution in [0.2, 0.25) is 0 Å². The molecule has 1 aliphatic heterocycles. The zero-order chi connectivity index (χ0) is 14.8. The Kier molecular flexibility index (Phi) is 4.65. The van der Waals surface area contributed by atoms with Crippen molar-refractivity contribution in [3.05, 3.63) is 18.3 Å². The molecule has 1 aliphatic rings. The van der Waals surface area contributed by atoms with Crippen LogP contribution in [0.25, 0.3) is 0 Å². The first kappa shape index (κ1) is 15.3. The molecule has 0 saturated carbocycles. The first-order valence-corrected chi connectivity index (χ1v) is 8.53. The van der Waals surface area contributed by atoms with E-state index in [4.69, 9.17) is 0 Å². The topological polar surface area (TPSA) is 62.3 Å². The molecule has 2 heterocycles. The maximum Gasteiger partial charge on any atom is 0.244 e. The molecule has 0 unspecified atom stereocenters. The number of aromatic nitrogens is 1. The van der Waals surface area contributed by atoms with Gasteiger partial charge in [-0.1, -0.05) is 13.8 Å². The number of hydrogen-bond donors (Lipinski definition) is 1. The highest BCUT2D eigenvalue weighted by Crippen LogP contribution is 2.28. The van der Waals surface area contributed by atoms with Gasteiger partial charge in [-0.2, -0.15) is 4.31 Å². The molecule has 0 aromatic carbocycles. The van der Waals surface area contributed by atoms with Gasteiger partial charge in [0.25, 0.3) is 0 Å². The summed E-state index contributed by atoms with van der Waals surface area (Å²) >= 11 is 0. The van der Waals surface area contributed by atoms with Gasteiger partial charge in [0, 0.05) is 26.3 Å². The largest absolute Gasteiger partial charge is 0.373 e. The minimum absolute atomic E-state index is 0.277. The van der Waals surface area contributed by atoms with Gasteiger partial charge in [0.2, 0.25) is 10.0 Å². The molecule has 0 amide bonds. The van der Waals surface area contributed by atoms with Crippen molar-refractivity contribution in [3.63, 3.8) is 0 Å². The standard InChI is InChI=1S/C14H23N3O2S/c1-11(2)12-6-8-17(9-7-12)20(18,19)13-4-5-14(15-3)16-10-13/h4-5,10-12H,6-9H2,1-3H3,(H,15,16). The Morgan fingerprint density at radius 2 is 1.95 bits per heavy atom. The zero-order valence-electron chi connectivity index (χ0n) is 12.3. The summed E-state index contributed by atoms with van der Waals surface area (Å²) in [4.78, 5) is 4.36. The molecule has 5 nitrogen and oxygen atoms in total. The Balaban J connectivity index is 2.11. The third kappa shape index (κ3) is 3.12. The quantitative estimate of drug-likeness (QED) is 0.925. The lowest BCUT2D eigenvalue weighted by atomic mass is 9.87. The smallest absolute Gasteiger partial charge is 0.244 e. The van der Waals surface area contributed by atoms with E-state index in [2.05, 4.69) is 24.1 Å². The van der Waals surface area contributed by atoms with E-state index in [0.717, 1.165) is 12.8 Å². The van der Waals surface area contributed by atoms with Gasteiger partial charge < -0.3 is 5.32 Å². The van der Waals surface area contributed by atoms with Gasteiger partial charge in [0.1, 0.15) is 10.7 Å². The van der Waals surface area contributed by atoms with Gasteiger partial charge in [-0.05, 0) is 36.8 Å². The minimum Gasteiger partial charge on any atom is -0.373 e. The average Bonchev–Trinajstić information content (AvgIpc) is 2.47. The molecule has 1 N–H and O–H groups in total. The van der Waals surface area contributed by atoms with Crippen molar-refractivity contribution >= 4 is 15.8 Å². The highest BCUT2D eigenvalue weighted by atomic mass is 32.2. The van der Waals surface area contributed by atoms with Gasteiger partial charge in [-0.25, -0.2) is 13.4 Å². The molecule has 1 aromatic heterocycles. The van der Waals surface area contributed by atoms with Crippen LogP contribution >= 0.6 is 0 Å². The van der Waals surface area contributed by atoms with Crippen molar-refractivity contribution in [2.75, 3.05) is 25.5 Å². The van der Waals surface area contributed by atoms with E-state index >= 15 is 0 Å². The number of nitrogens with one attached hydrogen (secondary N) is 1. The molecule has 1 saturated heterocycles. The third-order valence-corrected chi connectivity index (χ3v) is 5.95. The van der Waals surface area contributed by atoms with E-state index in [9.17, 15) is 8.42 Å². The van der Waals surface area contributed by atoms with Crippen molar-refractivity contribution in [3.8, 4) is 0 Å². The molecule has 0 spiro atoms. The van der Waals surface area contributed by atoms with Crippen LogP contribution in [0.3, 0.4) is 0 Å². The van der Waals surface area contributed by atoms with Gasteiger partial charge in [0.05, 0.1) is 0 Å². The lowest BCUT2D eigenvalue weighted by molar-refractivity contribution is 0.226. The molecule has 112 valence electrons. The second-order valence-corrected chi connectivity index (χ2v) is 7.55. The van der Waals surface area contributed by atoms with E-state index in [1.165, 1.54) is 6.20 Å². The highest BCUT2D eigenvalue weighted by molar-refractivity contribution is 7.89. The number of nitrogens with zero attached hydrogens (tertiary/aromatic N) is 2.